The number of anilines is 3. The van der Waals surface area contributed by atoms with Gasteiger partial charge in [0.15, 0.2) is 0 Å². The standard InChI is InChI=1S/C21H23ClN4O2/c1-4-10-23-20-13-16(14-8-6-5-7-9-14)24-21(26-20)25-17-12-18(27-2)15(22)11-19(17)28-3/h5-9,11-13H,4,10H2,1-3H3,(H2,23,24,25,26). The number of aromatic nitrogens is 2. The first-order valence-corrected chi connectivity index (χ1v) is 9.39. The second-order valence-corrected chi connectivity index (χ2v) is 6.47. The minimum absolute atomic E-state index is 0.447. The zero-order valence-electron chi connectivity index (χ0n) is 16.1. The fourth-order valence-electron chi connectivity index (χ4n) is 2.68. The molecule has 0 radical (unpaired) electrons. The molecule has 0 saturated heterocycles. The normalized spacial score (nSPS) is 10.4. The highest BCUT2D eigenvalue weighted by molar-refractivity contribution is 6.32. The molecule has 28 heavy (non-hydrogen) atoms. The molecule has 3 rings (SSSR count). The van der Waals surface area contributed by atoms with E-state index in [0.29, 0.717) is 28.2 Å². The Hall–Kier alpha value is -2.99. The van der Waals surface area contributed by atoms with Crippen molar-refractivity contribution >= 4 is 29.1 Å². The molecule has 0 bridgehead atoms. The van der Waals surface area contributed by atoms with Crippen LogP contribution in [0.15, 0.2) is 48.5 Å². The van der Waals surface area contributed by atoms with Crippen LogP contribution >= 0.6 is 11.6 Å². The van der Waals surface area contributed by atoms with Crippen LogP contribution in [-0.4, -0.2) is 30.7 Å². The van der Waals surface area contributed by atoms with Gasteiger partial charge in [0.05, 0.1) is 30.6 Å². The zero-order chi connectivity index (χ0) is 19.9. The summed E-state index contributed by atoms with van der Waals surface area (Å²) in [5.74, 6) is 2.30. The van der Waals surface area contributed by atoms with Crippen LogP contribution in [0, 0.1) is 0 Å². The Morgan fingerprint density at radius 1 is 0.964 bits per heavy atom. The third-order valence-electron chi connectivity index (χ3n) is 4.07. The molecule has 0 aliphatic carbocycles. The topological polar surface area (TPSA) is 68.3 Å². The van der Waals surface area contributed by atoms with Crippen molar-refractivity contribution in [2.45, 2.75) is 13.3 Å². The van der Waals surface area contributed by atoms with Gasteiger partial charge in [-0.05, 0) is 6.42 Å². The molecule has 2 N–H and O–H groups in total. The number of hydrogen-bond donors (Lipinski definition) is 2. The lowest BCUT2D eigenvalue weighted by Gasteiger charge is -2.15. The SMILES string of the molecule is CCCNc1cc(-c2ccccc2)nc(Nc2cc(OC)c(Cl)cc2OC)n1. The second-order valence-electron chi connectivity index (χ2n) is 6.07. The molecule has 2 aromatic carbocycles. The average Bonchev–Trinajstić information content (AvgIpc) is 2.73. The first-order chi connectivity index (χ1) is 13.6. The van der Waals surface area contributed by atoms with Gasteiger partial charge in [0, 0.05) is 30.3 Å². The summed E-state index contributed by atoms with van der Waals surface area (Å²) < 4.78 is 10.7. The maximum absolute atomic E-state index is 6.20. The second kappa shape index (κ2) is 9.28. The van der Waals surface area contributed by atoms with Crippen molar-refractivity contribution < 1.29 is 9.47 Å². The average molecular weight is 399 g/mol. The molecule has 0 spiro atoms. The van der Waals surface area contributed by atoms with E-state index in [0.717, 1.165) is 30.0 Å². The van der Waals surface area contributed by atoms with E-state index in [1.165, 1.54) is 0 Å². The number of halogens is 1. The molecule has 7 heteroatoms. The molecule has 1 heterocycles. The Bertz CT molecular complexity index is 935. The Labute approximate surface area is 169 Å². The monoisotopic (exact) mass is 398 g/mol. The molecule has 6 nitrogen and oxygen atoms in total. The van der Waals surface area contributed by atoms with E-state index in [1.54, 1.807) is 26.4 Å². The van der Waals surface area contributed by atoms with Gasteiger partial charge < -0.3 is 20.1 Å². The van der Waals surface area contributed by atoms with Crippen LogP contribution in [0.1, 0.15) is 13.3 Å². The fourth-order valence-corrected chi connectivity index (χ4v) is 2.91. The van der Waals surface area contributed by atoms with Crippen molar-refractivity contribution in [3.8, 4) is 22.8 Å². The van der Waals surface area contributed by atoms with Gasteiger partial charge in [-0.1, -0.05) is 48.9 Å². The highest BCUT2D eigenvalue weighted by Crippen LogP contribution is 2.37. The molecule has 0 amide bonds. The molecule has 3 aromatic rings. The van der Waals surface area contributed by atoms with Gasteiger partial charge in [-0.15, -0.1) is 0 Å². The first-order valence-electron chi connectivity index (χ1n) is 9.01. The Morgan fingerprint density at radius 3 is 2.39 bits per heavy atom. The van der Waals surface area contributed by atoms with Gasteiger partial charge in [-0.2, -0.15) is 4.98 Å². The van der Waals surface area contributed by atoms with E-state index in [2.05, 4.69) is 27.5 Å². The largest absolute Gasteiger partial charge is 0.495 e. The Kier molecular flexibility index (Phi) is 6.55. The number of rotatable bonds is 8. The van der Waals surface area contributed by atoms with Crippen molar-refractivity contribution in [2.75, 3.05) is 31.4 Å². The summed E-state index contributed by atoms with van der Waals surface area (Å²) in [5, 5.41) is 7.02. The van der Waals surface area contributed by atoms with E-state index >= 15 is 0 Å². The molecule has 0 fully saturated rings. The van der Waals surface area contributed by atoms with Gasteiger partial charge in [-0.25, -0.2) is 4.98 Å². The maximum Gasteiger partial charge on any atom is 0.229 e. The van der Waals surface area contributed by atoms with Gasteiger partial charge >= 0.3 is 0 Å². The van der Waals surface area contributed by atoms with Crippen molar-refractivity contribution in [3.63, 3.8) is 0 Å². The summed E-state index contributed by atoms with van der Waals surface area (Å²) in [5.41, 5.74) is 2.49. The summed E-state index contributed by atoms with van der Waals surface area (Å²) in [7, 11) is 3.15. The zero-order valence-corrected chi connectivity index (χ0v) is 16.9. The number of benzene rings is 2. The summed E-state index contributed by atoms with van der Waals surface area (Å²) in [6.45, 7) is 2.93. The lowest BCUT2D eigenvalue weighted by atomic mass is 10.1. The molecule has 0 aliphatic rings. The minimum atomic E-state index is 0.447. The molecule has 0 saturated carbocycles. The number of ether oxygens (including phenoxy) is 2. The van der Waals surface area contributed by atoms with E-state index in [1.807, 2.05) is 36.4 Å². The third kappa shape index (κ3) is 4.64. The molecule has 146 valence electrons. The molecule has 1 aromatic heterocycles. The third-order valence-corrected chi connectivity index (χ3v) is 4.37. The summed E-state index contributed by atoms with van der Waals surface area (Å²) in [4.78, 5) is 9.25. The van der Waals surface area contributed by atoms with Crippen LogP contribution in [0.3, 0.4) is 0 Å². The van der Waals surface area contributed by atoms with Crippen LogP contribution in [0.5, 0.6) is 11.5 Å². The van der Waals surface area contributed by atoms with E-state index in [-0.39, 0.29) is 0 Å². The number of nitrogens with zero attached hydrogens (tertiary/aromatic N) is 2. The van der Waals surface area contributed by atoms with Gasteiger partial charge in [0.25, 0.3) is 0 Å². The van der Waals surface area contributed by atoms with Crippen LogP contribution in [-0.2, 0) is 0 Å². The summed E-state index contributed by atoms with van der Waals surface area (Å²) in [6.07, 6.45) is 0.996. The molecule has 0 unspecified atom stereocenters. The number of nitrogens with one attached hydrogen (secondary N) is 2. The van der Waals surface area contributed by atoms with Crippen LogP contribution in [0.25, 0.3) is 11.3 Å². The smallest absolute Gasteiger partial charge is 0.229 e. The number of methoxy groups -OCH3 is 2. The fraction of sp³-hybridized carbons (Fsp3) is 0.238. The quantitative estimate of drug-likeness (QED) is 0.531. The highest BCUT2D eigenvalue weighted by atomic mass is 35.5. The lowest BCUT2D eigenvalue weighted by molar-refractivity contribution is 0.405. The molecule has 0 aliphatic heterocycles. The highest BCUT2D eigenvalue weighted by Gasteiger charge is 2.13. The van der Waals surface area contributed by atoms with Crippen molar-refractivity contribution in [2.24, 2.45) is 0 Å². The van der Waals surface area contributed by atoms with E-state index in [4.69, 9.17) is 21.1 Å². The summed E-state index contributed by atoms with van der Waals surface area (Å²) in [6, 6.07) is 15.4. The van der Waals surface area contributed by atoms with Crippen molar-refractivity contribution in [3.05, 3.63) is 53.6 Å². The van der Waals surface area contributed by atoms with E-state index in [9.17, 15) is 0 Å². The van der Waals surface area contributed by atoms with Gasteiger partial charge in [-0.3, -0.25) is 0 Å². The maximum atomic E-state index is 6.20. The van der Waals surface area contributed by atoms with Crippen LogP contribution in [0.4, 0.5) is 17.5 Å². The molecular formula is C21H23ClN4O2. The molecule has 0 atom stereocenters. The Balaban J connectivity index is 2.01. The predicted octanol–water partition coefficient (Wildman–Crippen LogP) is 5.38. The van der Waals surface area contributed by atoms with Crippen molar-refractivity contribution in [1.82, 2.24) is 9.97 Å². The first kappa shape index (κ1) is 19.8. The van der Waals surface area contributed by atoms with Crippen LogP contribution < -0.4 is 20.1 Å². The van der Waals surface area contributed by atoms with Gasteiger partial charge in [0.1, 0.15) is 17.3 Å². The molecular weight excluding hydrogens is 376 g/mol. The minimum Gasteiger partial charge on any atom is -0.495 e. The van der Waals surface area contributed by atoms with E-state index < -0.39 is 0 Å². The Morgan fingerprint density at radius 2 is 1.71 bits per heavy atom. The summed E-state index contributed by atoms with van der Waals surface area (Å²) >= 11 is 6.20. The predicted molar refractivity (Wildman–Crippen MR) is 114 cm³/mol. The lowest BCUT2D eigenvalue weighted by Crippen LogP contribution is -2.06. The number of hydrogen-bond acceptors (Lipinski definition) is 6. The van der Waals surface area contributed by atoms with Gasteiger partial charge in [0.2, 0.25) is 5.95 Å². The van der Waals surface area contributed by atoms with Crippen LogP contribution in [0.2, 0.25) is 5.02 Å². The van der Waals surface area contributed by atoms with Crippen molar-refractivity contribution in [1.29, 1.82) is 0 Å².